The molecule has 0 radical (unpaired) electrons. The number of carbonyl (C=O) groups excluding carboxylic acids is 1. The molecule has 2 aliphatic rings. The molecule has 1 aliphatic carbocycles. The summed E-state index contributed by atoms with van der Waals surface area (Å²) < 4.78 is 5.32. The van der Waals surface area contributed by atoms with Gasteiger partial charge in [0, 0.05) is 12.6 Å². The van der Waals surface area contributed by atoms with Gasteiger partial charge in [0.15, 0.2) is 0 Å². The Labute approximate surface area is 125 Å². The molecule has 6 heteroatoms. The van der Waals surface area contributed by atoms with Crippen LogP contribution in [0.3, 0.4) is 0 Å². The van der Waals surface area contributed by atoms with Crippen molar-refractivity contribution >= 4 is 11.9 Å². The Kier molecular flexibility index (Phi) is 5.22. The first kappa shape index (κ1) is 16.2. The van der Waals surface area contributed by atoms with E-state index in [9.17, 15) is 14.7 Å². The summed E-state index contributed by atoms with van der Waals surface area (Å²) in [6.45, 7) is 3.29. The fraction of sp³-hybridized carbons (Fsp3) is 0.867. The van der Waals surface area contributed by atoms with Crippen LogP contribution in [0.15, 0.2) is 0 Å². The molecular weight excluding hydrogens is 272 g/mol. The molecule has 0 aromatic heterocycles. The fourth-order valence-corrected chi connectivity index (χ4v) is 3.27. The summed E-state index contributed by atoms with van der Waals surface area (Å²) in [5.41, 5.74) is -0.795. The Hall–Kier alpha value is -1.14. The average molecular weight is 298 g/mol. The van der Waals surface area contributed by atoms with Crippen molar-refractivity contribution in [3.05, 3.63) is 0 Å². The SMILES string of the molecule is CNC1COCC1C(=O)NCC1(C(=O)O)CCC(C)CC1. The summed E-state index contributed by atoms with van der Waals surface area (Å²) in [4.78, 5) is 23.9. The van der Waals surface area contributed by atoms with Gasteiger partial charge in [-0.1, -0.05) is 6.92 Å². The van der Waals surface area contributed by atoms with Crippen molar-refractivity contribution < 1.29 is 19.4 Å². The highest BCUT2D eigenvalue weighted by molar-refractivity contribution is 5.81. The number of carboxylic acid groups (broad SMARTS) is 1. The van der Waals surface area contributed by atoms with Crippen LogP contribution >= 0.6 is 0 Å². The number of carboxylic acids is 1. The molecule has 120 valence electrons. The molecule has 2 fully saturated rings. The Bertz CT molecular complexity index is 391. The van der Waals surface area contributed by atoms with Crippen LogP contribution in [-0.4, -0.2) is 49.8 Å². The molecule has 1 saturated carbocycles. The molecule has 2 unspecified atom stereocenters. The van der Waals surface area contributed by atoms with Gasteiger partial charge in [-0.05, 0) is 38.6 Å². The second-order valence-electron chi connectivity index (χ2n) is 6.52. The summed E-state index contributed by atoms with van der Waals surface area (Å²) in [7, 11) is 1.81. The van der Waals surface area contributed by atoms with Crippen molar-refractivity contribution in [3.8, 4) is 0 Å². The van der Waals surface area contributed by atoms with Crippen LogP contribution in [0, 0.1) is 17.3 Å². The van der Waals surface area contributed by atoms with Crippen molar-refractivity contribution in [3.63, 3.8) is 0 Å². The summed E-state index contributed by atoms with van der Waals surface area (Å²) in [5.74, 6) is -0.554. The smallest absolute Gasteiger partial charge is 0.311 e. The minimum absolute atomic E-state index is 0.0113. The molecule has 0 aromatic rings. The van der Waals surface area contributed by atoms with Crippen molar-refractivity contribution in [1.82, 2.24) is 10.6 Å². The first-order valence-corrected chi connectivity index (χ1v) is 7.74. The maximum Gasteiger partial charge on any atom is 0.311 e. The van der Waals surface area contributed by atoms with Crippen molar-refractivity contribution in [1.29, 1.82) is 0 Å². The highest BCUT2D eigenvalue weighted by Crippen LogP contribution is 2.38. The molecule has 1 saturated heterocycles. The minimum atomic E-state index is -0.795. The number of nitrogens with one attached hydrogen (secondary N) is 2. The van der Waals surface area contributed by atoms with Crippen LogP contribution in [0.4, 0.5) is 0 Å². The first-order chi connectivity index (χ1) is 9.98. The third-order valence-electron chi connectivity index (χ3n) is 5.07. The van der Waals surface area contributed by atoms with E-state index in [4.69, 9.17) is 4.74 Å². The summed E-state index contributed by atoms with van der Waals surface area (Å²) in [6, 6.07) is 0.0113. The molecule has 1 amide bonds. The number of rotatable bonds is 5. The van der Waals surface area contributed by atoms with Gasteiger partial charge in [-0.3, -0.25) is 9.59 Å². The molecule has 1 aliphatic heterocycles. The Morgan fingerprint density at radius 1 is 1.29 bits per heavy atom. The van der Waals surface area contributed by atoms with E-state index in [1.165, 1.54) is 0 Å². The number of hydrogen-bond donors (Lipinski definition) is 3. The molecule has 1 heterocycles. The zero-order chi connectivity index (χ0) is 15.5. The van der Waals surface area contributed by atoms with Gasteiger partial charge in [0.05, 0.1) is 24.5 Å². The third kappa shape index (κ3) is 3.55. The van der Waals surface area contributed by atoms with Gasteiger partial charge in [-0.15, -0.1) is 0 Å². The molecular formula is C15H26N2O4. The lowest BCUT2D eigenvalue weighted by Crippen LogP contribution is -2.49. The van der Waals surface area contributed by atoms with Gasteiger partial charge < -0.3 is 20.5 Å². The predicted molar refractivity (Wildman–Crippen MR) is 77.9 cm³/mol. The van der Waals surface area contributed by atoms with Crippen molar-refractivity contribution in [2.24, 2.45) is 17.3 Å². The number of aliphatic carboxylic acids is 1. The van der Waals surface area contributed by atoms with E-state index >= 15 is 0 Å². The number of amides is 1. The summed E-state index contributed by atoms with van der Waals surface area (Å²) >= 11 is 0. The van der Waals surface area contributed by atoms with E-state index in [1.54, 1.807) is 7.05 Å². The van der Waals surface area contributed by atoms with Gasteiger partial charge in [-0.25, -0.2) is 0 Å². The first-order valence-electron chi connectivity index (χ1n) is 7.74. The lowest BCUT2D eigenvalue weighted by atomic mass is 9.70. The summed E-state index contributed by atoms with van der Waals surface area (Å²) in [5, 5.41) is 15.5. The normalized spacial score (nSPS) is 36.4. The number of likely N-dealkylation sites (N-methyl/N-ethyl adjacent to an activating group) is 1. The Morgan fingerprint density at radius 3 is 2.52 bits per heavy atom. The van der Waals surface area contributed by atoms with Crippen molar-refractivity contribution in [2.45, 2.75) is 38.6 Å². The van der Waals surface area contributed by atoms with E-state index in [-0.39, 0.29) is 24.4 Å². The van der Waals surface area contributed by atoms with E-state index in [2.05, 4.69) is 17.6 Å². The average Bonchev–Trinajstić information content (AvgIpc) is 2.95. The van der Waals surface area contributed by atoms with E-state index in [0.717, 1.165) is 12.8 Å². The maximum absolute atomic E-state index is 12.3. The highest BCUT2D eigenvalue weighted by atomic mass is 16.5. The highest BCUT2D eigenvalue weighted by Gasteiger charge is 2.42. The van der Waals surface area contributed by atoms with Crippen LogP contribution in [0.25, 0.3) is 0 Å². The molecule has 0 spiro atoms. The largest absolute Gasteiger partial charge is 0.481 e. The molecule has 0 aromatic carbocycles. The van der Waals surface area contributed by atoms with Gasteiger partial charge in [0.1, 0.15) is 0 Å². The van der Waals surface area contributed by atoms with Gasteiger partial charge in [0.2, 0.25) is 5.91 Å². The lowest BCUT2D eigenvalue weighted by Gasteiger charge is -2.36. The monoisotopic (exact) mass is 298 g/mol. The zero-order valence-electron chi connectivity index (χ0n) is 12.9. The quantitative estimate of drug-likeness (QED) is 0.692. The fourth-order valence-electron chi connectivity index (χ4n) is 3.27. The standard InChI is InChI=1S/C15H26N2O4/c1-10-3-5-15(6-4-10,14(19)20)9-17-13(18)11-7-21-8-12(11)16-2/h10-12,16H,3-9H2,1-2H3,(H,17,18)(H,19,20). The lowest BCUT2D eigenvalue weighted by molar-refractivity contribution is -0.151. The van der Waals surface area contributed by atoms with E-state index in [0.29, 0.717) is 32.0 Å². The third-order valence-corrected chi connectivity index (χ3v) is 5.07. The predicted octanol–water partition coefficient (Wildman–Crippen LogP) is 0.618. The Balaban J connectivity index is 1.93. The van der Waals surface area contributed by atoms with Crippen LogP contribution in [0.2, 0.25) is 0 Å². The molecule has 3 N–H and O–H groups in total. The molecule has 2 atom stereocenters. The van der Waals surface area contributed by atoms with E-state index < -0.39 is 11.4 Å². The molecule has 21 heavy (non-hydrogen) atoms. The van der Waals surface area contributed by atoms with Gasteiger partial charge in [-0.2, -0.15) is 0 Å². The zero-order valence-corrected chi connectivity index (χ0v) is 12.9. The van der Waals surface area contributed by atoms with E-state index in [1.807, 2.05) is 0 Å². The second kappa shape index (κ2) is 6.75. The number of ether oxygens (including phenoxy) is 1. The maximum atomic E-state index is 12.3. The number of carbonyl (C=O) groups is 2. The number of hydrogen-bond acceptors (Lipinski definition) is 4. The second-order valence-corrected chi connectivity index (χ2v) is 6.52. The molecule has 2 rings (SSSR count). The van der Waals surface area contributed by atoms with Gasteiger partial charge >= 0.3 is 5.97 Å². The van der Waals surface area contributed by atoms with Crippen LogP contribution in [-0.2, 0) is 14.3 Å². The van der Waals surface area contributed by atoms with Crippen LogP contribution in [0.1, 0.15) is 32.6 Å². The minimum Gasteiger partial charge on any atom is -0.481 e. The molecule has 0 bridgehead atoms. The summed E-state index contributed by atoms with van der Waals surface area (Å²) in [6.07, 6.45) is 3.10. The van der Waals surface area contributed by atoms with Crippen LogP contribution in [0.5, 0.6) is 0 Å². The van der Waals surface area contributed by atoms with Crippen molar-refractivity contribution in [2.75, 3.05) is 26.8 Å². The molecule has 6 nitrogen and oxygen atoms in total. The van der Waals surface area contributed by atoms with Crippen LogP contribution < -0.4 is 10.6 Å². The Morgan fingerprint density at radius 2 is 1.95 bits per heavy atom. The topological polar surface area (TPSA) is 87.7 Å². The van der Waals surface area contributed by atoms with Gasteiger partial charge in [0.25, 0.3) is 0 Å².